The van der Waals surface area contributed by atoms with Gasteiger partial charge in [0.15, 0.2) is 6.29 Å². The molecule has 0 aliphatic heterocycles. The fourth-order valence-corrected chi connectivity index (χ4v) is 2.02. The molecule has 6 heteroatoms. The summed E-state index contributed by atoms with van der Waals surface area (Å²) in [7, 11) is 0. The van der Waals surface area contributed by atoms with E-state index in [4.69, 9.17) is 0 Å². The molecule has 1 aromatic carbocycles. The van der Waals surface area contributed by atoms with Crippen LogP contribution in [-0.4, -0.2) is 16.1 Å². The molecule has 0 spiro atoms. The van der Waals surface area contributed by atoms with E-state index in [1.807, 2.05) is 0 Å². The van der Waals surface area contributed by atoms with Crippen LogP contribution in [0.5, 0.6) is 0 Å². The number of halogens is 3. The smallest absolute Gasteiger partial charge is 0.296 e. The number of benzene rings is 1. The van der Waals surface area contributed by atoms with Gasteiger partial charge in [-0.1, -0.05) is 18.2 Å². The molecule has 0 saturated carbocycles. The Balaban J connectivity index is 2.68. The van der Waals surface area contributed by atoms with E-state index >= 15 is 0 Å². The van der Waals surface area contributed by atoms with Crippen LogP contribution in [0.3, 0.4) is 0 Å². The number of rotatable bonds is 3. The molecule has 0 bridgehead atoms. The molecule has 0 fully saturated rings. The molecule has 0 radical (unpaired) electrons. The summed E-state index contributed by atoms with van der Waals surface area (Å²) < 4.78 is 40.6. The average Bonchev–Trinajstić information content (AvgIpc) is 2.82. The second-order valence-electron chi connectivity index (χ2n) is 4.65. The lowest BCUT2D eigenvalue weighted by Gasteiger charge is -2.15. The summed E-state index contributed by atoms with van der Waals surface area (Å²) in [5.74, 6) is 0. The molecule has 2 aromatic rings. The van der Waals surface area contributed by atoms with Crippen molar-refractivity contribution in [2.45, 2.75) is 26.1 Å². The van der Waals surface area contributed by atoms with Crippen molar-refractivity contribution in [2.24, 2.45) is 0 Å². The van der Waals surface area contributed by atoms with Crippen LogP contribution in [0.15, 0.2) is 30.3 Å². The van der Waals surface area contributed by atoms with Crippen LogP contribution in [0.2, 0.25) is 0 Å². The van der Waals surface area contributed by atoms with Crippen LogP contribution < -0.4 is 0 Å². The van der Waals surface area contributed by atoms with Crippen molar-refractivity contribution < 1.29 is 18.0 Å². The van der Waals surface area contributed by atoms with E-state index in [1.54, 1.807) is 13.8 Å². The van der Waals surface area contributed by atoms with E-state index in [9.17, 15) is 18.0 Å². The second-order valence-corrected chi connectivity index (χ2v) is 4.65. The minimum Gasteiger partial charge on any atom is -0.296 e. The number of aromatic nitrogens is 2. The summed E-state index contributed by atoms with van der Waals surface area (Å²) in [4.78, 5) is 10.8. The highest BCUT2D eigenvalue weighted by Crippen LogP contribution is 2.37. The molecule has 0 atom stereocenters. The highest BCUT2D eigenvalue weighted by molar-refractivity contribution is 5.76. The number of aldehydes is 1. The van der Waals surface area contributed by atoms with Gasteiger partial charge in [0.05, 0.1) is 11.3 Å². The molecule has 0 saturated heterocycles. The van der Waals surface area contributed by atoms with Crippen molar-refractivity contribution in [1.29, 1.82) is 0 Å². The maximum Gasteiger partial charge on any atom is 0.417 e. The van der Waals surface area contributed by atoms with Crippen molar-refractivity contribution in [3.05, 3.63) is 41.6 Å². The molecule has 1 heterocycles. The third-order valence-corrected chi connectivity index (χ3v) is 2.87. The van der Waals surface area contributed by atoms with Gasteiger partial charge in [0.1, 0.15) is 5.69 Å². The third-order valence-electron chi connectivity index (χ3n) is 2.87. The summed E-state index contributed by atoms with van der Waals surface area (Å²) in [6.45, 7) is 3.59. The zero-order valence-electron chi connectivity index (χ0n) is 11.0. The molecular weight excluding hydrogens is 269 g/mol. The van der Waals surface area contributed by atoms with Gasteiger partial charge in [0.25, 0.3) is 0 Å². The van der Waals surface area contributed by atoms with Crippen LogP contribution in [-0.2, 0) is 6.18 Å². The van der Waals surface area contributed by atoms with Crippen LogP contribution in [0.1, 0.15) is 35.9 Å². The first-order valence-electron chi connectivity index (χ1n) is 6.06. The largest absolute Gasteiger partial charge is 0.417 e. The fraction of sp³-hybridized carbons (Fsp3) is 0.286. The number of carbonyl (C=O) groups excluding carboxylic acids is 1. The van der Waals surface area contributed by atoms with E-state index in [0.29, 0.717) is 6.29 Å². The normalized spacial score (nSPS) is 11.9. The lowest BCUT2D eigenvalue weighted by molar-refractivity contribution is -0.137. The molecule has 0 aliphatic rings. The van der Waals surface area contributed by atoms with Gasteiger partial charge in [-0.05, 0) is 26.0 Å². The van der Waals surface area contributed by atoms with Gasteiger partial charge < -0.3 is 0 Å². The van der Waals surface area contributed by atoms with Crippen molar-refractivity contribution in [3.8, 4) is 11.3 Å². The van der Waals surface area contributed by atoms with E-state index in [0.717, 1.165) is 6.07 Å². The Morgan fingerprint density at radius 1 is 1.25 bits per heavy atom. The Morgan fingerprint density at radius 3 is 2.45 bits per heavy atom. The summed E-state index contributed by atoms with van der Waals surface area (Å²) in [6, 6.07) is 6.49. The molecule has 0 N–H and O–H groups in total. The molecule has 2 rings (SSSR count). The number of hydrogen-bond donors (Lipinski definition) is 0. The number of nitrogens with zero attached hydrogens (tertiary/aromatic N) is 2. The summed E-state index contributed by atoms with van der Waals surface area (Å²) in [5.41, 5.74) is -0.311. The van der Waals surface area contributed by atoms with Gasteiger partial charge in [-0.3, -0.25) is 9.48 Å². The Morgan fingerprint density at radius 2 is 1.90 bits per heavy atom. The average molecular weight is 282 g/mol. The zero-order chi connectivity index (χ0) is 14.9. The van der Waals surface area contributed by atoms with Crippen molar-refractivity contribution in [3.63, 3.8) is 0 Å². The highest BCUT2D eigenvalue weighted by atomic mass is 19.4. The number of hydrogen-bond acceptors (Lipinski definition) is 2. The minimum absolute atomic E-state index is 0.0225. The molecule has 3 nitrogen and oxygen atoms in total. The lowest BCUT2D eigenvalue weighted by atomic mass is 10.0. The molecular formula is C14H13F3N2O. The van der Waals surface area contributed by atoms with Gasteiger partial charge in [-0.2, -0.15) is 18.3 Å². The predicted molar refractivity (Wildman–Crippen MR) is 68.4 cm³/mol. The van der Waals surface area contributed by atoms with Gasteiger partial charge in [0, 0.05) is 11.6 Å². The van der Waals surface area contributed by atoms with E-state index < -0.39 is 11.7 Å². The second kappa shape index (κ2) is 5.11. The van der Waals surface area contributed by atoms with Crippen LogP contribution in [0.4, 0.5) is 13.2 Å². The Kier molecular flexibility index (Phi) is 3.65. The summed E-state index contributed by atoms with van der Waals surface area (Å²) in [6.07, 6.45) is -3.93. The highest BCUT2D eigenvalue weighted by Gasteiger charge is 2.34. The molecule has 106 valence electrons. The molecule has 0 aliphatic carbocycles. The monoisotopic (exact) mass is 282 g/mol. The van der Waals surface area contributed by atoms with E-state index in [1.165, 1.54) is 28.9 Å². The van der Waals surface area contributed by atoms with Crippen LogP contribution in [0.25, 0.3) is 11.3 Å². The van der Waals surface area contributed by atoms with Crippen molar-refractivity contribution in [1.82, 2.24) is 9.78 Å². The molecule has 0 amide bonds. The number of alkyl halides is 3. The standard InChI is InChI=1S/C14H13F3N2O/c1-9(2)19-13(7-10(8-20)18-19)11-5-3-4-6-12(11)14(15,16)17/h3-9H,1-2H3. The van der Waals surface area contributed by atoms with Gasteiger partial charge in [-0.25, -0.2) is 0 Å². The van der Waals surface area contributed by atoms with Gasteiger partial charge in [-0.15, -0.1) is 0 Å². The zero-order valence-corrected chi connectivity index (χ0v) is 11.0. The SMILES string of the molecule is CC(C)n1nc(C=O)cc1-c1ccccc1C(F)(F)F. The Hall–Kier alpha value is -2.11. The van der Waals surface area contributed by atoms with Crippen LogP contribution in [0, 0.1) is 0 Å². The lowest BCUT2D eigenvalue weighted by Crippen LogP contribution is -2.10. The summed E-state index contributed by atoms with van der Waals surface area (Å²) >= 11 is 0. The molecule has 20 heavy (non-hydrogen) atoms. The predicted octanol–water partition coefficient (Wildman–Crippen LogP) is 3.96. The fourth-order valence-electron chi connectivity index (χ4n) is 2.02. The minimum atomic E-state index is -4.45. The summed E-state index contributed by atoms with van der Waals surface area (Å²) in [5, 5.41) is 4.01. The molecule has 1 aromatic heterocycles. The van der Waals surface area contributed by atoms with Gasteiger partial charge >= 0.3 is 6.18 Å². The maximum atomic E-state index is 13.1. The van der Waals surface area contributed by atoms with Crippen LogP contribution >= 0.6 is 0 Å². The Labute approximate surface area is 114 Å². The topological polar surface area (TPSA) is 34.9 Å². The van der Waals surface area contributed by atoms with Crippen molar-refractivity contribution in [2.75, 3.05) is 0 Å². The van der Waals surface area contributed by atoms with Gasteiger partial charge in [0.2, 0.25) is 0 Å². The molecule has 0 unspecified atom stereocenters. The maximum absolute atomic E-state index is 13.1. The first-order valence-corrected chi connectivity index (χ1v) is 6.06. The number of carbonyl (C=O) groups is 1. The quantitative estimate of drug-likeness (QED) is 0.799. The Bertz CT molecular complexity index is 630. The first kappa shape index (κ1) is 14.3. The van der Waals surface area contributed by atoms with E-state index in [-0.39, 0.29) is 23.0 Å². The first-order chi connectivity index (χ1) is 9.34. The third kappa shape index (κ3) is 2.59. The van der Waals surface area contributed by atoms with Crippen molar-refractivity contribution >= 4 is 6.29 Å². The van der Waals surface area contributed by atoms with E-state index in [2.05, 4.69) is 5.10 Å².